The molecule has 0 radical (unpaired) electrons. The standard InChI is InChI=1S/C33H27F4N5O3S/c34-28(35)27-22(24-17-39-26-11-5-14-40-42(24)26)15-25(46-27)29(43)41-30-32(45-31(38)44,12-6-13-33(30,36)37)16-23-20-9-3-1-7-18(20)19-8-2-4-10-21(19)23/h1-5,7-11,14-15,17,23,28,30H,6,12-13,16H2,(H2,38,44)(H,41,43)/t30-,32+/m1/s1. The van der Waals surface area contributed by atoms with Crippen LogP contribution < -0.4 is 11.1 Å². The van der Waals surface area contributed by atoms with E-state index in [1.807, 2.05) is 48.5 Å². The van der Waals surface area contributed by atoms with Gasteiger partial charge in [0.1, 0.15) is 11.6 Å². The molecule has 0 saturated heterocycles. The average molecular weight is 650 g/mol. The normalized spacial score (nSPS) is 20.4. The van der Waals surface area contributed by atoms with Gasteiger partial charge in [0.25, 0.3) is 18.3 Å². The summed E-state index contributed by atoms with van der Waals surface area (Å²) in [7, 11) is 0. The second kappa shape index (κ2) is 11.2. The van der Waals surface area contributed by atoms with Gasteiger partial charge in [0.15, 0.2) is 5.65 Å². The first-order valence-corrected chi connectivity index (χ1v) is 15.5. The number of primary amides is 1. The molecular formula is C33H27F4N5O3S. The van der Waals surface area contributed by atoms with E-state index in [0.29, 0.717) is 17.0 Å². The van der Waals surface area contributed by atoms with E-state index in [0.717, 1.165) is 22.3 Å². The summed E-state index contributed by atoms with van der Waals surface area (Å²) in [5.74, 6) is -4.96. The van der Waals surface area contributed by atoms with Crippen LogP contribution in [0.1, 0.15) is 63.7 Å². The molecule has 0 unspecified atom stereocenters. The number of rotatable bonds is 7. The topological polar surface area (TPSA) is 112 Å². The Labute approximate surface area is 264 Å². The molecule has 8 nitrogen and oxygen atoms in total. The van der Waals surface area contributed by atoms with Gasteiger partial charge in [0, 0.05) is 30.5 Å². The molecule has 3 heterocycles. The molecule has 0 spiro atoms. The van der Waals surface area contributed by atoms with Gasteiger partial charge in [-0.3, -0.25) is 4.79 Å². The highest BCUT2D eigenvalue weighted by Gasteiger charge is 2.59. The van der Waals surface area contributed by atoms with Crippen LogP contribution in [0.4, 0.5) is 22.4 Å². The molecule has 1 fully saturated rings. The van der Waals surface area contributed by atoms with Crippen LogP contribution in [0.2, 0.25) is 0 Å². The van der Waals surface area contributed by atoms with Crippen molar-refractivity contribution in [3.63, 3.8) is 0 Å². The Kier molecular flexibility index (Phi) is 7.30. The third-order valence-electron chi connectivity index (χ3n) is 8.89. The number of amides is 2. The highest BCUT2D eigenvalue weighted by Crippen LogP contribution is 2.53. The van der Waals surface area contributed by atoms with Crippen molar-refractivity contribution in [1.82, 2.24) is 19.9 Å². The predicted molar refractivity (Wildman–Crippen MR) is 163 cm³/mol. The van der Waals surface area contributed by atoms with Crippen LogP contribution in [0.25, 0.3) is 28.0 Å². The molecule has 3 aromatic heterocycles. The number of nitrogens with two attached hydrogens (primary N) is 1. The smallest absolute Gasteiger partial charge is 0.405 e. The zero-order valence-electron chi connectivity index (χ0n) is 24.1. The molecule has 13 heteroatoms. The van der Waals surface area contributed by atoms with E-state index < -0.39 is 53.2 Å². The molecule has 7 rings (SSSR count). The zero-order chi connectivity index (χ0) is 32.2. The second-order valence-electron chi connectivity index (χ2n) is 11.6. The van der Waals surface area contributed by atoms with Crippen molar-refractivity contribution in [3.05, 3.63) is 100 Å². The largest absolute Gasteiger partial charge is 0.441 e. The van der Waals surface area contributed by atoms with Crippen molar-refractivity contribution in [2.24, 2.45) is 5.73 Å². The number of benzene rings is 2. The van der Waals surface area contributed by atoms with Gasteiger partial charge in [0.05, 0.1) is 21.6 Å². The number of ether oxygens (including phenoxy) is 1. The number of hydrogen-bond acceptors (Lipinski definition) is 6. The van der Waals surface area contributed by atoms with Gasteiger partial charge >= 0.3 is 6.09 Å². The quantitative estimate of drug-likeness (QED) is 0.179. The highest BCUT2D eigenvalue weighted by atomic mass is 32.1. The van der Waals surface area contributed by atoms with Gasteiger partial charge in [-0.15, -0.1) is 11.3 Å². The average Bonchev–Trinajstić information content (AvgIpc) is 3.73. The van der Waals surface area contributed by atoms with Crippen LogP contribution in [0.5, 0.6) is 0 Å². The van der Waals surface area contributed by atoms with Crippen LogP contribution >= 0.6 is 11.3 Å². The van der Waals surface area contributed by atoms with Crippen molar-refractivity contribution in [3.8, 4) is 22.4 Å². The molecule has 2 atom stereocenters. The minimum atomic E-state index is -3.52. The van der Waals surface area contributed by atoms with E-state index in [4.69, 9.17) is 10.5 Å². The lowest BCUT2D eigenvalue weighted by atomic mass is 9.71. The first-order valence-electron chi connectivity index (χ1n) is 14.6. The lowest BCUT2D eigenvalue weighted by Crippen LogP contribution is -2.66. The maximum atomic E-state index is 16.0. The third-order valence-corrected chi connectivity index (χ3v) is 10.0. The number of hydrogen-bond donors (Lipinski definition) is 2. The van der Waals surface area contributed by atoms with Crippen LogP contribution in [0, 0.1) is 0 Å². The number of aromatic nitrogens is 3. The lowest BCUT2D eigenvalue weighted by molar-refractivity contribution is -0.155. The minimum absolute atomic E-state index is 0.00261. The number of alkyl halides is 4. The van der Waals surface area contributed by atoms with E-state index in [9.17, 15) is 18.4 Å². The van der Waals surface area contributed by atoms with E-state index in [-0.39, 0.29) is 35.4 Å². The maximum absolute atomic E-state index is 16.0. The van der Waals surface area contributed by atoms with E-state index in [2.05, 4.69) is 15.4 Å². The summed E-state index contributed by atoms with van der Waals surface area (Å²) in [4.78, 5) is 29.6. The molecule has 5 aromatic rings. The fourth-order valence-electron chi connectivity index (χ4n) is 7.03. The van der Waals surface area contributed by atoms with Gasteiger partial charge in [-0.2, -0.15) is 5.10 Å². The Morgan fingerprint density at radius 2 is 1.72 bits per heavy atom. The highest BCUT2D eigenvalue weighted by molar-refractivity contribution is 7.14. The molecule has 1 saturated carbocycles. The zero-order valence-corrected chi connectivity index (χ0v) is 24.9. The van der Waals surface area contributed by atoms with Gasteiger partial charge in [-0.05, 0) is 53.3 Å². The molecule has 2 aromatic carbocycles. The summed E-state index contributed by atoms with van der Waals surface area (Å²) in [6, 6.07) is 17.7. The Morgan fingerprint density at radius 3 is 2.39 bits per heavy atom. The molecule has 236 valence electrons. The van der Waals surface area contributed by atoms with Crippen molar-refractivity contribution >= 4 is 29.0 Å². The molecule has 2 aliphatic rings. The monoisotopic (exact) mass is 649 g/mol. The van der Waals surface area contributed by atoms with Crippen LogP contribution in [-0.2, 0) is 4.74 Å². The second-order valence-corrected chi connectivity index (χ2v) is 12.6. The summed E-state index contributed by atoms with van der Waals surface area (Å²) >= 11 is 0.491. The number of carbonyl (C=O) groups excluding carboxylic acids is 2. The third kappa shape index (κ3) is 4.98. The number of fused-ring (bicyclic) bond motifs is 4. The molecule has 46 heavy (non-hydrogen) atoms. The van der Waals surface area contributed by atoms with Crippen molar-refractivity contribution in [1.29, 1.82) is 0 Å². The molecule has 0 aliphatic heterocycles. The minimum Gasteiger partial charge on any atom is -0.441 e. The maximum Gasteiger partial charge on any atom is 0.405 e. The van der Waals surface area contributed by atoms with Crippen LogP contribution in [0.3, 0.4) is 0 Å². The van der Waals surface area contributed by atoms with Gasteiger partial charge < -0.3 is 15.8 Å². The Hall–Kier alpha value is -4.78. The predicted octanol–water partition coefficient (Wildman–Crippen LogP) is 7.35. The van der Waals surface area contributed by atoms with Crippen LogP contribution in [-0.4, -0.2) is 44.2 Å². The first-order chi connectivity index (χ1) is 22.1. The van der Waals surface area contributed by atoms with E-state index in [1.54, 1.807) is 12.1 Å². The molecule has 2 aliphatic carbocycles. The number of carbonyl (C=O) groups is 2. The molecular weight excluding hydrogens is 622 g/mol. The summed E-state index contributed by atoms with van der Waals surface area (Å²) in [5.41, 5.74) is 7.85. The number of nitrogens with zero attached hydrogens (tertiary/aromatic N) is 3. The lowest BCUT2D eigenvalue weighted by Gasteiger charge is -2.47. The van der Waals surface area contributed by atoms with E-state index >= 15 is 8.78 Å². The van der Waals surface area contributed by atoms with Gasteiger partial charge in [0.2, 0.25) is 0 Å². The van der Waals surface area contributed by atoms with Gasteiger partial charge in [-0.1, -0.05) is 48.5 Å². The number of thiophene rings is 1. The molecule has 3 N–H and O–H groups in total. The SMILES string of the molecule is NC(=O)O[C@]1(CC2c3ccccc3-c3ccccc32)CCCC(F)(F)[C@@H]1NC(=O)c1cc(-c2cnc3cccnn23)c(C(F)F)s1. The van der Waals surface area contributed by atoms with Crippen molar-refractivity contribution < 1.29 is 31.9 Å². The Morgan fingerprint density at radius 1 is 1.02 bits per heavy atom. The molecule has 2 amide bonds. The number of nitrogens with one attached hydrogen (secondary N) is 1. The van der Waals surface area contributed by atoms with Gasteiger partial charge in [-0.25, -0.2) is 31.9 Å². The Balaban J connectivity index is 1.28. The summed E-state index contributed by atoms with van der Waals surface area (Å²) < 4.78 is 67.5. The van der Waals surface area contributed by atoms with E-state index in [1.165, 1.54) is 23.0 Å². The fraction of sp³-hybridized carbons (Fsp3) is 0.273. The fourth-order valence-corrected chi connectivity index (χ4v) is 7.95. The first kappa shape index (κ1) is 29.9. The molecule has 0 bridgehead atoms. The van der Waals surface area contributed by atoms with Crippen molar-refractivity contribution in [2.45, 2.75) is 55.6 Å². The Bertz CT molecular complexity index is 1930. The summed E-state index contributed by atoms with van der Waals surface area (Å²) in [5, 5.41) is 6.58. The number of imidazole rings is 1. The summed E-state index contributed by atoms with van der Waals surface area (Å²) in [6.45, 7) is 0. The van der Waals surface area contributed by atoms with Crippen molar-refractivity contribution in [2.75, 3.05) is 0 Å². The number of halogens is 4. The van der Waals surface area contributed by atoms with Crippen LogP contribution in [0.15, 0.2) is 79.1 Å². The summed E-state index contributed by atoms with van der Waals surface area (Å²) in [6.07, 6.45) is -2.06.